The SMILES string of the molecule is OC1=CNC(CC(O)c2ccc(C(F)(F)F)c(F)c2)=CC1O. The molecule has 2 unspecified atom stereocenters. The number of dihydropyridines is 1. The van der Waals surface area contributed by atoms with Crippen molar-refractivity contribution < 1.29 is 32.9 Å². The van der Waals surface area contributed by atoms with Crippen LogP contribution in [0, 0.1) is 5.82 Å². The molecule has 0 saturated carbocycles. The van der Waals surface area contributed by atoms with Crippen LogP contribution in [0.3, 0.4) is 0 Å². The van der Waals surface area contributed by atoms with Gasteiger partial charge in [0.2, 0.25) is 0 Å². The van der Waals surface area contributed by atoms with E-state index in [0.29, 0.717) is 17.8 Å². The van der Waals surface area contributed by atoms with Crippen molar-refractivity contribution in [1.29, 1.82) is 0 Å². The maximum absolute atomic E-state index is 13.5. The number of aliphatic hydroxyl groups excluding tert-OH is 3. The number of halogens is 4. The maximum atomic E-state index is 13.5. The van der Waals surface area contributed by atoms with Crippen LogP contribution in [0.5, 0.6) is 0 Å². The van der Waals surface area contributed by atoms with Crippen molar-refractivity contribution in [2.45, 2.75) is 24.8 Å². The molecule has 2 atom stereocenters. The Morgan fingerprint density at radius 1 is 1.27 bits per heavy atom. The van der Waals surface area contributed by atoms with Gasteiger partial charge in [-0.3, -0.25) is 0 Å². The molecule has 1 aliphatic rings. The second-order valence-electron chi connectivity index (χ2n) is 4.81. The molecule has 1 heterocycles. The van der Waals surface area contributed by atoms with Gasteiger partial charge in [-0.1, -0.05) is 6.07 Å². The van der Waals surface area contributed by atoms with Crippen molar-refractivity contribution in [2.24, 2.45) is 0 Å². The van der Waals surface area contributed by atoms with E-state index in [2.05, 4.69) is 5.32 Å². The first kappa shape index (κ1) is 16.3. The largest absolute Gasteiger partial charge is 0.508 e. The summed E-state index contributed by atoms with van der Waals surface area (Å²) in [7, 11) is 0. The number of alkyl halides is 3. The van der Waals surface area contributed by atoms with Crippen LogP contribution in [0.2, 0.25) is 0 Å². The van der Waals surface area contributed by atoms with Crippen LogP contribution < -0.4 is 5.32 Å². The van der Waals surface area contributed by atoms with E-state index < -0.39 is 29.8 Å². The zero-order valence-corrected chi connectivity index (χ0v) is 11.1. The third-order valence-electron chi connectivity index (χ3n) is 3.16. The highest BCUT2D eigenvalue weighted by molar-refractivity contribution is 5.29. The van der Waals surface area contributed by atoms with E-state index in [9.17, 15) is 32.9 Å². The van der Waals surface area contributed by atoms with Gasteiger partial charge in [0, 0.05) is 18.3 Å². The van der Waals surface area contributed by atoms with Crippen LogP contribution in [0.4, 0.5) is 17.6 Å². The van der Waals surface area contributed by atoms with Crippen molar-refractivity contribution in [3.05, 3.63) is 58.9 Å². The van der Waals surface area contributed by atoms with Gasteiger partial charge in [-0.2, -0.15) is 13.2 Å². The van der Waals surface area contributed by atoms with Gasteiger partial charge in [0.15, 0.2) is 0 Å². The summed E-state index contributed by atoms with van der Waals surface area (Å²) in [6.45, 7) is 0. The summed E-state index contributed by atoms with van der Waals surface area (Å²) in [5.74, 6) is -1.77. The lowest BCUT2D eigenvalue weighted by molar-refractivity contribution is -0.140. The number of hydrogen-bond acceptors (Lipinski definition) is 4. The van der Waals surface area contributed by atoms with Crippen LogP contribution in [-0.4, -0.2) is 21.4 Å². The van der Waals surface area contributed by atoms with E-state index >= 15 is 0 Å². The Labute approximate surface area is 123 Å². The molecule has 0 aliphatic carbocycles. The summed E-state index contributed by atoms with van der Waals surface area (Å²) in [6, 6.07) is 2.18. The van der Waals surface area contributed by atoms with E-state index in [1.807, 2.05) is 0 Å². The highest BCUT2D eigenvalue weighted by atomic mass is 19.4. The third kappa shape index (κ3) is 3.58. The Bertz CT molecular complexity index is 625. The summed E-state index contributed by atoms with van der Waals surface area (Å²) < 4.78 is 50.8. The topological polar surface area (TPSA) is 72.7 Å². The molecule has 4 nitrogen and oxygen atoms in total. The maximum Gasteiger partial charge on any atom is 0.419 e. The number of aliphatic hydroxyl groups is 3. The lowest BCUT2D eigenvalue weighted by atomic mass is 10.0. The van der Waals surface area contributed by atoms with Crippen molar-refractivity contribution in [2.75, 3.05) is 0 Å². The molecule has 2 rings (SSSR count). The van der Waals surface area contributed by atoms with Crippen LogP contribution in [0.25, 0.3) is 0 Å². The highest BCUT2D eigenvalue weighted by Gasteiger charge is 2.34. The Morgan fingerprint density at radius 2 is 1.95 bits per heavy atom. The summed E-state index contributed by atoms with van der Waals surface area (Å²) in [6.07, 6.45) is -5.03. The fourth-order valence-electron chi connectivity index (χ4n) is 2.00. The van der Waals surface area contributed by atoms with Crippen LogP contribution in [-0.2, 0) is 6.18 Å². The smallest absolute Gasteiger partial charge is 0.419 e. The van der Waals surface area contributed by atoms with Crippen molar-refractivity contribution >= 4 is 0 Å². The predicted octanol–water partition coefficient (Wildman–Crippen LogP) is 2.52. The zero-order valence-electron chi connectivity index (χ0n) is 11.1. The number of nitrogens with one attached hydrogen (secondary N) is 1. The summed E-state index contributed by atoms with van der Waals surface area (Å²) in [5.41, 5.74) is -1.08. The van der Waals surface area contributed by atoms with Crippen molar-refractivity contribution in [3.8, 4) is 0 Å². The summed E-state index contributed by atoms with van der Waals surface area (Å²) >= 11 is 0. The monoisotopic (exact) mass is 319 g/mol. The van der Waals surface area contributed by atoms with Crippen LogP contribution >= 0.6 is 0 Å². The lowest BCUT2D eigenvalue weighted by Gasteiger charge is -2.20. The molecule has 0 aromatic heterocycles. The Balaban J connectivity index is 2.13. The number of benzene rings is 1. The van der Waals surface area contributed by atoms with E-state index in [1.165, 1.54) is 6.08 Å². The fourth-order valence-corrected chi connectivity index (χ4v) is 2.00. The average molecular weight is 319 g/mol. The van der Waals surface area contributed by atoms with Gasteiger partial charge in [0.05, 0.1) is 11.7 Å². The standard InChI is InChI=1S/C14H13F4NO3/c15-10-3-7(1-2-9(10)14(16,17)18)11(20)4-8-5-12(21)13(22)6-19-8/h1-3,5-6,11-12,19-22H,4H2. The Hall–Kier alpha value is -2.06. The molecule has 0 radical (unpaired) electrons. The molecular formula is C14H13F4NO3. The predicted molar refractivity (Wildman–Crippen MR) is 68.9 cm³/mol. The Kier molecular flexibility index (Phi) is 4.43. The normalized spacial score (nSPS) is 20.0. The van der Waals surface area contributed by atoms with Gasteiger partial charge in [0.1, 0.15) is 17.7 Å². The molecule has 1 aromatic rings. The molecule has 1 aliphatic heterocycles. The molecule has 0 spiro atoms. The van der Waals surface area contributed by atoms with Crippen LogP contribution in [0.15, 0.2) is 41.9 Å². The van der Waals surface area contributed by atoms with E-state index in [-0.39, 0.29) is 17.7 Å². The van der Waals surface area contributed by atoms with Crippen molar-refractivity contribution in [1.82, 2.24) is 5.32 Å². The molecule has 22 heavy (non-hydrogen) atoms. The number of hydrogen-bond donors (Lipinski definition) is 4. The quantitative estimate of drug-likeness (QED) is 0.646. The van der Waals surface area contributed by atoms with Gasteiger partial charge < -0.3 is 20.6 Å². The lowest BCUT2D eigenvalue weighted by Crippen LogP contribution is -2.21. The van der Waals surface area contributed by atoms with E-state index in [4.69, 9.17) is 0 Å². The summed E-state index contributed by atoms with van der Waals surface area (Å²) in [4.78, 5) is 0. The van der Waals surface area contributed by atoms with Gasteiger partial charge >= 0.3 is 6.18 Å². The van der Waals surface area contributed by atoms with Gasteiger partial charge in [-0.15, -0.1) is 0 Å². The van der Waals surface area contributed by atoms with E-state index in [1.54, 1.807) is 0 Å². The molecule has 1 aromatic carbocycles. The first-order valence-electron chi connectivity index (χ1n) is 6.27. The first-order valence-corrected chi connectivity index (χ1v) is 6.27. The van der Waals surface area contributed by atoms with Gasteiger partial charge in [-0.05, 0) is 23.8 Å². The highest BCUT2D eigenvalue weighted by Crippen LogP contribution is 2.33. The van der Waals surface area contributed by atoms with Gasteiger partial charge in [-0.25, -0.2) is 4.39 Å². The molecule has 4 N–H and O–H groups in total. The second kappa shape index (κ2) is 5.98. The molecular weight excluding hydrogens is 306 g/mol. The fraction of sp³-hybridized carbons (Fsp3) is 0.286. The minimum atomic E-state index is -4.80. The van der Waals surface area contributed by atoms with E-state index in [0.717, 1.165) is 12.3 Å². The molecule has 0 amide bonds. The molecule has 120 valence electrons. The number of rotatable bonds is 3. The van der Waals surface area contributed by atoms with Crippen LogP contribution in [0.1, 0.15) is 23.7 Å². The average Bonchev–Trinajstić information content (AvgIpc) is 2.41. The zero-order chi connectivity index (χ0) is 16.5. The van der Waals surface area contributed by atoms with Gasteiger partial charge in [0.25, 0.3) is 0 Å². The second-order valence-corrected chi connectivity index (χ2v) is 4.81. The third-order valence-corrected chi connectivity index (χ3v) is 3.16. The molecule has 8 heteroatoms. The molecule has 0 bridgehead atoms. The minimum Gasteiger partial charge on any atom is -0.508 e. The Morgan fingerprint density at radius 3 is 2.50 bits per heavy atom. The molecule has 0 saturated heterocycles. The summed E-state index contributed by atoms with van der Waals surface area (Å²) in [5, 5.41) is 31.1. The first-order chi connectivity index (χ1) is 10.2. The minimum absolute atomic E-state index is 0.0264. The van der Waals surface area contributed by atoms with Crippen molar-refractivity contribution in [3.63, 3.8) is 0 Å². The molecule has 0 fully saturated rings.